The van der Waals surface area contributed by atoms with Crippen molar-refractivity contribution in [3.05, 3.63) is 63.9 Å². The lowest BCUT2D eigenvalue weighted by atomic mass is 10.2. The van der Waals surface area contributed by atoms with Crippen LogP contribution in [0, 0.1) is 0 Å². The maximum Gasteiger partial charge on any atom is 0.283 e. The molecule has 2 heterocycles. The Labute approximate surface area is 160 Å². The van der Waals surface area contributed by atoms with E-state index in [1.165, 1.54) is 0 Å². The van der Waals surface area contributed by atoms with Crippen molar-refractivity contribution < 1.29 is 0 Å². The van der Waals surface area contributed by atoms with Crippen LogP contribution in [0.1, 0.15) is 19.8 Å². The van der Waals surface area contributed by atoms with Crippen molar-refractivity contribution in [2.45, 2.75) is 24.9 Å². The third-order valence-electron chi connectivity index (χ3n) is 4.29. The Hall–Kier alpha value is -2.24. The molecule has 0 atom stereocenters. The molecule has 26 heavy (non-hydrogen) atoms. The zero-order valence-electron chi connectivity index (χ0n) is 14.3. The fourth-order valence-electron chi connectivity index (χ4n) is 2.99. The zero-order valence-corrected chi connectivity index (χ0v) is 15.9. The average molecular weight is 384 g/mol. The van der Waals surface area contributed by atoms with Crippen molar-refractivity contribution in [2.75, 3.05) is 5.75 Å². The summed E-state index contributed by atoms with van der Waals surface area (Å²) in [6.07, 6.45) is 2.17. The number of benzene rings is 2. The number of para-hydroxylation sites is 1. The van der Waals surface area contributed by atoms with E-state index in [9.17, 15) is 4.79 Å². The highest BCUT2D eigenvalue weighted by molar-refractivity contribution is 7.99. The van der Waals surface area contributed by atoms with Crippen LogP contribution in [0.3, 0.4) is 0 Å². The van der Waals surface area contributed by atoms with Crippen LogP contribution in [-0.2, 0) is 0 Å². The van der Waals surface area contributed by atoms with Gasteiger partial charge in [-0.25, -0.2) is 4.98 Å². The van der Waals surface area contributed by atoms with Crippen molar-refractivity contribution in [3.63, 3.8) is 0 Å². The molecular weight excluding hydrogens is 366 g/mol. The van der Waals surface area contributed by atoms with E-state index in [0.717, 1.165) is 40.7 Å². The Bertz CT molecular complexity index is 1150. The van der Waals surface area contributed by atoms with Crippen molar-refractivity contribution in [1.82, 2.24) is 14.5 Å². The van der Waals surface area contributed by atoms with Crippen LogP contribution >= 0.6 is 23.4 Å². The Morgan fingerprint density at radius 2 is 2.04 bits per heavy atom. The number of unbranched alkanes of at least 4 members (excludes halogenated alkanes) is 1. The topological polar surface area (TPSA) is 50.7 Å². The molecule has 0 fully saturated rings. The fraction of sp³-hybridized carbons (Fsp3) is 0.200. The number of rotatable bonds is 5. The molecule has 4 rings (SSSR count). The molecule has 2 aromatic heterocycles. The lowest BCUT2D eigenvalue weighted by Gasteiger charge is -2.12. The molecule has 2 aromatic carbocycles. The second-order valence-electron chi connectivity index (χ2n) is 6.11. The maximum atomic E-state index is 13.3. The zero-order chi connectivity index (χ0) is 18.1. The number of fused-ring (bicyclic) bond motifs is 3. The van der Waals surface area contributed by atoms with E-state index in [1.807, 2.05) is 36.4 Å². The molecule has 0 saturated carbocycles. The van der Waals surface area contributed by atoms with E-state index in [0.29, 0.717) is 15.7 Å². The van der Waals surface area contributed by atoms with Crippen LogP contribution in [0.5, 0.6) is 0 Å². The highest BCUT2D eigenvalue weighted by atomic mass is 35.5. The molecule has 1 N–H and O–H groups in total. The quantitative estimate of drug-likeness (QED) is 0.284. The monoisotopic (exact) mass is 383 g/mol. The van der Waals surface area contributed by atoms with Gasteiger partial charge >= 0.3 is 0 Å². The van der Waals surface area contributed by atoms with Crippen molar-refractivity contribution >= 4 is 45.3 Å². The van der Waals surface area contributed by atoms with Crippen LogP contribution in [0.2, 0.25) is 5.02 Å². The van der Waals surface area contributed by atoms with Gasteiger partial charge < -0.3 is 4.98 Å². The fourth-order valence-corrected chi connectivity index (χ4v) is 4.26. The predicted octanol–water partition coefficient (Wildman–Crippen LogP) is 5.41. The largest absolute Gasteiger partial charge is 0.349 e. The van der Waals surface area contributed by atoms with Crippen LogP contribution in [0.4, 0.5) is 0 Å². The van der Waals surface area contributed by atoms with E-state index in [2.05, 4.69) is 11.9 Å². The van der Waals surface area contributed by atoms with E-state index < -0.39 is 0 Å². The summed E-state index contributed by atoms with van der Waals surface area (Å²) in [5.41, 5.74) is 2.79. The van der Waals surface area contributed by atoms with Gasteiger partial charge in [-0.15, -0.1) is 0 Å². The van der Waals surface area contributed by atoms with Gasteiger partial charge in [0.1, 0.15) is 11.0 Å². The number of aromatic amines is 1. The van der Waals surface area contributed by atoms with Gasteiger partial charge in [-0.1, -0.05) is 61.0 Å². The van der Waals surface area contributed by atoms with Gasteiger partial charge in [-0.2, -0.15) is 0 Å². The van der Waals surface area contributed by atoms with Gasteiger partial charge in [0.2, 0.25) is 0 Å². The summed E-state index contributed by atoms with van der Waals surface area (Å²) in [6.45, 7) is 2.15. The number of H-pyrrole nitrogens is 1. The predicted molar refractivity (Wildman–Crippen MR) is 110 cm³/mol. The van der Waals surface area contributed by atoms with Gasteiger partial charge in [0, 0.05) is 21.7 Å². The van der Waals surface area contributed by atoms with Crippen LogP contribution in [0.15, 0.2) is 58.5 Å². The highest BCUT2D eigenvalue weighted by Crippen LogP contribution is 2.27. The summed E-state index contributed by atoms with van der Waals surface area (Å²) in [6, 6.07) is 15.2. The summed E-state index contributed by atoms with van der Waals surface area (Å²) in [7, 11) is 0. The molecule has 4 aromatic rings. The summed E-state index contributed by atoms with van der Waals surface area (Å²) >= 11 is 7.77. The molecule has 0 aliphatic carbocycles. The number of nitrogens with zero attached hydrogens (tertiary/aromatic N) is 2. The van der Waals surface area contributed by atoms with Crippen molar-refractivity contribution in [2.24, 2.45) is 0 Å². The summed E-state index contributed by atoms with van der Waals surface area (Å²) < 4.78 is 1.66. The molecule has 0 bridgehead atoms. The van der Waals surface area contributed by atoms with E-state index >= 15 is 0 Å². The first kappa shape index (κ1) is 17.2. The Morgan fingerprint density at radius 3 is 2.85 bits per heavy atom. The average Bonchev–Trinajstić information content (AvgIpc) is 3.01. The SMILES string of the molecule is CCCCSc1nc2c([nH]c3ccccc32)c(=O)n1-c1cccc(Cl)c1. The van der Waals surface area contributed by atoms with Gasteiger partial charge in [0.25, 0.3) is 5.56 Å². The van der Waals surface area contributed by atoms with Crippen LogP contribution in [-0.4, -0.2) is 20.3 Å². The van der Waals surface area contributed by atoms with Crippen molar-refractivity contribution in [3.8, 4) is 5.69 Å². The summed E-state index contributed by atoms with van der Waals surface area (Å²) in [4.78, 5) is 21.4. The number of aromatic nitrogens is 3. The van der Waals surface area contributed by atoms with Crippen molar-refractivity contribution in [1.29, 1.82) is 0 Å². The molecule has 0 spiro atoms. The molecule has 0 unspecified atom stereocenters. The van der Waals surface area contributed by atoms with Crippen LogP contribution < -0.4 is 5.56 Å². The molecule has 0 radical (unpaired) electrons. The standard InChI is InChI=1S/C20H18ClN3OS/c1-2-3-11-26-20-23-17-15-9-4-5-10-16(15)22-18(17)19(25)24(20)14-8-6-7-13(21)12-14/h4-10,12,22H,2-3,11H2,1H3. The molecule has 4 nitrogen and oxygen atoms in total. The molecule has 0 aliphatic heterocycles. The molecule has 6 heteroatoms. The lowest BCUT2D eigenvalue weighted by molar-refractivity contribution is 0.813. The number of thioether (sulfide) groups is 1. The Kier molecular flexibility index (Phi) is 4.74. The highest BCUT2D eigenvalue weighted by Gasteiger charge is 2.17. The Balaban J connectivity index is 2.01. The number of halogens is 1. The minimum Gasteiger partial charge on any atom is -0.349 e. The van der Waals surface area contributed by atoms with E-state index in [-0.39, 0.29) is 5.56 Å². The first-order valence-electron chi connectivity index (χ1n) is 8.61. The summed E-state index contributed by atoms with van der Waals surface area (Å²) in [5, 5.41) is 2.26. The molecule has 132 valence electrons. The second-order valence-corrected chi connectivity index (χ2v) is 7.61. The van der Waals surface area contributed by atoms with E-state index in [1.54, 1.807) is 28.5 Å². The first-order chi connectivity index (χ1) is 12.7. The first-order valence-corrected chi connectivity index (χ1v) is 9.97. The normalized spacial score (nSPS) is 11.5. The molecule has 0 saturated heterocycles. The Morgan fingerprint density at radius 1 is 1.19 bits per heavy atom. The number of hydrogen-bond donors (Lipinski definition) is 1. The third kappa shape index (κ3) is 3.02. The third-order valence-corrected chi connectivity index (χ3v) is 5.55. The van der Waals surface area contributed by atoms with Gasteiger partial charge in [0.05, 0.1) is 5.69 Å². The second kappa shape index (κ2) is 7.17. The van der Waals surface area contributed by atoms with Crippen LogP contribution in [0.25, 0.3) is 27.6 Å². The minimum absolute atomic E-state index is 0.104. The maximum absolute atomic E-state index is 13.3. The number of nitrogens with one attached hydrogen (secondary N) is 1. The van der Waals surface area contributed by atoms with Gasteiger partial charge in [0.15, 0.2) is 5.16 Å². The molecular formula is C20H18ClN3OS. The summed E-state index contributed by atoms with van der Waals surface area (Å²) in [5.74, 6) is 0.914. The van der Waals surface area contributed by atoms with E-state index in [4.69, 9.17) is 16.6 Å². The molecule has 0 amide bonds. The number of hydrogen-bond acceptors (Lipinski definition) is 3. The van der Waals surface area contributed by atoms with Gasteiger partial charge in [-0.3, -0.25) is 9.36 Å². The smallest absolute Gasteiger partial charge is 0.283 e. The lowest BCUT2D eigenvalue weighted by Crippen LogP contribution is -2.21. The molecule has 0 aliphatic rings. The van der Waals surface area contributed by atoms with Gasteiger partial charge in [-0.05, 0) is 30.7 Å². The minimum atomic E-state index is -0.104.